The molecule has 120 valence electrons. The molecular weight excluding hydrogens is 328 g/mol. The minimum atomic E-state index is -1.10. The normalized spacial score (nSPS) is 12.0. The number of nitriles is 2. The van der Waals surface area contributed by atoms with E-state index in [1.54, 1.807) is 12.1 Å². The number of alkyl halides is 1. The van der Waals surface area contributed by atoms with Gasteiger partial charge in [0.15, 0.2) is 0 Å². The largest absolute Gasteiger partial charge is 0.197 e. The van der Waals surface area contributed by atoms with E-state index < -0.39 is 10.8 Å². The Labute approximate surface area is 152 Å². The van der Waals surface area contributed by atoms with E-state index in [0.717, 1.165) is 11.1 Å². The average molecular weight is 343 g/mol. The van der Waals surface area contributed by atoms with Gasteiger partial charge in [-0.25, -0.2) is 0 Å². The third kappa shape index (κ3) is 2.89. The van der Waals surface area contributed by atoms with E-state index in [1.165, 1.54) is 0 Å². The summed E-state index contributed by atoms with van der Waals surface area (Å²) in [7, 11) is 0. The quantitative estimate of drug-likeness (QED) is 0.600. The van der Waals surface area contributed by atoms with Gasteiger partial charge in [-0.1, -0.05) is 78.9 Å². The first kappa shape index (κ1) is 16.8. The van der Waals surface area contributed by atoms with E-state index in [0.29, 0.717) is 11.1 Å². The first-order chi connectivity index (χ1) is 12.2. The fourth-order valence-electron chi connectivity index (χ4n) is 3.10. The van der Waals surface area contributed by atoms with Crippen LogP contribution in [0.5, 0.6) is 0 Å². The molecule has 3 aromatic rings. The van der Waals surface area contributed by atoms with Crippen molar-refractivity contribution in [2.75, 3.05) is 0 Å². The molecule has 25 heavy (non-hydrogen) atoms. The lowest BCUT2D eigenvalue weighted by molar-refractivity contribution is 0.629. The Morgan fingerprint density at radius 3 is 1.68 bits per heavy atom. The maximum Gasteiger partial charge on any atom is 0.128 e. The molecule has 2 nitrogen and oxygen atoms in total. The summed E-state index contributed by atoms with van der Waals surface area (Å²) in [6.07, 6.45) is 0. The van der Waals surface area contributed by atoms with Crippen LogP contribution in [0.1, 0.15) is 27.6 Å². The van der Waals surface area contributed by atoms with Gasteiger partial charge in [-0.05, 0) is 22.8 Å². The molecular formula is C22H15ClN2. The van der Waals surface area contributed by atoms with Crippen molar-refractivity contribution in [3.05, 3.63) is 107 Å². The standard InChI is InChI=1S/C22H15ClN2/c23-21(20-14-8-7-9-17(20)15-24)22(16-25,18-10-3-1-4-11-18)19-12-5-2-6-13-19/h1-14,21H. The number of hydrogen-bond donors (Lipinski definition) is 0. The van der Waals surface area contributed by atoms with E-state index in [1.807, 2.05) is 72.8 Å². The molecule has 3 aromatic carbocycles. The van der Waals surface area contributed by atoms with Crippen LogP contribution < -0.4 is 0 Å². The lowest BCUT2D eigenvalue weighted by Gasteiger charge is -2.33. The summed E-state index contributed by atoms with van der Waals surface area (Å²) in [6.45, 7) is 0. The van der Waals surface area contributed by atoms with Crippen LogP contribution >= 0.6 is 11.6 Å². The van der Waals surface area contributed by atoms with Crippen molar-refractivity contribution in [2.45, 2.75) is 10.8 Å². The van der Waals surface area contributed by atoms with Gasteiger partial charge in [0.25, 0.3) is 0 Å². The Bertz CT molecular complexity index is 898. The summed E-state index contributed by atoms with van der Waals surface area (Å²) >= 11 is 6.91. The summed E-state index contributed by atoms with van der Waals surface area (Å²) in [6, 6.07) is 30.8. The molecule has 0 aliphatic carbocycles. The molecule has 3 rings (SSSR count). The molecule has 0 radical (unpaired) electrons. The highest BCUT2D eigenvalue weighted by molar-refractivity contribution is 6.22. The third-order valence-corrected chi connectivity index (χ3v) is 4.93. The van der Waals surface area contributed by atoms with E-state index in [-0.39, 0.29) is 0 Å². The van der Waals surface area contributed by atoms with Crippen molar-refractivity contribution in [1.29, 1.82) is 10.5 Å². The van der Waals surface area contributed by atoms with Gasteiger partial charge < -0.3 is 0 Å². The smallest absolute Gasteiger partial charge is 0.128 e. The maximum absolute atomic E-state index is 10.3. The van der Waals surface area contributed by atoms with Crippen LogP contribution in [0.25, 0.3) is 0 Å². The summed E-state index contributed by atoms with van der Waals surface area (Å²) in [5, 5.41) is 19.0. The van der Waals surface area contributed by atoms with Crippen LogP contribution in [0, 0.1) is 22.7 Å². The molecule has 1 atom stereocenters. The van der Waals surface area contributed by atoms with Crippen molar-refractivity contribution in [2.24, 2.45) is 0 Å². The molecule has 0 fully saturated rings. The van der Waals surface area contributed by atoms with Crippen molar-refractivity contribution in [1.82, 2.24) is 0 Å². The summed E-state index contributed by atoms with van der Waals surface area (Å²) < 4.78 is 0. The Morgan fingerprint density at radius 1 is 0.720 bits per heavy atom. The molecule has 0 N–H and O–H groups in total. The van der Waals surface area contributed by atoms with Crippen LogP contribution in [-0.4, -0.2) is 0 Å². The fourth-order valence-corrected chi connectivity index (χ4v) is 3.59. The predicted molar refractivity (Wildman–Crippen MR) is 99.0 cm³/mol. The van der Waals surface area contributed by atoms with Crippen LogP contribution in [0.15, 0.2) is 84.9 Å². The van der Waals surface area contributed by atoms with Gasteiger partial charge in [0, 0.05) is 0 Å². The molecule has 0 bridgehead atoms. The van der Waals surface area contributed by atoms with E-state index in [4.69, 9.17) is 11.6 Å². The SMILES string of the molecule is N#Cc1ccccc1C(Cl)C(C#N)(c1ccccc1)c1ccccc1. The average Bonchev–Trinajstić information content (AvgIpc) is 2.70. The zero-order valence-electron chi connectivity index (χ0n) is 13.4. The van der Waals surface area contributed by atoms with Gasteiger partial charge in [0.1, 0.15) is 5.41 Å². The lowest BCUT2D eigenvalue weighted by atomic mass is 9.70. The van der Waals surface area contributed by atoms with Gasteiger partial charge in [-0.2, -0.15) is 10.5 Å². The summed E-state index contributed by atoms with van der Waals surface area (Å²) in [5.74, 6) is 0. The molecule has 0 spiro atoms. The maximum atomic E-state index is 10.3. The summed E-state index contributed by atoms with van der Waals surface area (Å²) in [5.41, 5.74) is 1.64. The first-order valence-electron chi connectivity index (χ1n) is 7.89. The zero-order chi connectivity index (χ0) is 17.7. The third-order valence-electron chi connectivity index (χ3n) is 4.37. The molecule has 0 aliphatic heterocycles. The molecule has 1 unspecified atom stereocenters. The Kier molecular flexibility index (Phi) is 4.85. The van der Waals surface area contributed by atoms with E-state index in [9.17, 15) is 10.5 Å². The molecule has 0 amide bonds. The van der Waals surface area contributed by atoms with Crippen molar-refractivity contribution < 1.29 is 0 Å². The van der Waals surface area contributed by atoms with Crippen LogP contribution in [0.2, 0.25) is 0 Å². The molecule has 0 saturated carbocycles. The molecule has 0 aromatic heterocycles. The number of hydrogen-bond acceptors (Lipinski definition) is 2. The predicted octanol–water partition coefficient (Wildman–Crippen LogP) is 5.35. The highest BCUT2D eigenvalue weighted by atomic mass is 35.5. The minimum absolute atomic E-state index is 0.481. The second kappa shape index (κ2) is 7.22. The number of rotatable bonds is 4. The Hall–Kier alpha value is -3.07. The molecule has 0 heterocycles. The van der Waals surface area contributed by atoms with Crippen molar-refractivity contribution in [3.63, 3.8) is 0 Å². The number of halogens is 1. The number of benzene rings is 3. The monoisotopic (exact) mass is 342 g/mol. The highest BCUT2D eigenvalue weighted by Crippen LogP contribution is 2.47. The number of nitrogens with zero attached hydrogens (tertiary/aromatic N) is 2. The minimum Gasteiger partial charge on any atom is -0.197 e. The fraction of sp³-hybridized carbons (Fsp3) is 0.0909. The topological polar surface area (TPSA) is 47.6 Å². The first-order valence-corrected chi connectivity index (χ1v) is 8.33. The van der Waals surface area contributed by atoms with Gasteiger partial charge in [0.2, 0.25) is 0 Å². The van der Waals surface area contributed by atoms with Crippen molar-refractivity contribution >= 4 is 11.6 Å². The molecule has 0 saturated heterocycles. The van der Waals surface area contributed by atoms with Gasteiger partial charge >= 0.3 is 0 Å². The van der Waals surface area contributed by atoms with E-state index in [2.05, 4.69) is 12.1 Å². The van der Waals surface area contributed by atoms with E-state index >= 15 is 0 Å². The van der Waals surface area contributed by atoms with Gasteiger partial charge in [-0.3, -0.25) is 0 Å². The highest BCUT2D eigenvalue weighted by Gasteiger charge is 2.43. The van der Waals surface area contributed by atoms with Gasteiger partial charge in [-0.15, -0.1) is 11.6 Å². The second-order valence-corrected chi connectivity index (χ2v) is 6.15. The van der Waals surface area contributed by atoms with Crippen LogP contribution in [-0.2, 0) is 5.41 Å². The Morgan fingerprint density at radius 2 is 1.20 bits per heavy atom. The lowest BCUT2D eigenvalue weighted by Crippen LogP contribution is -2.31. The molecule has 3 heteroatoms. The van der Waals surface area contributed by atoms with Crippen molar-refractivity contribution in [3.8, 4) is 12.1 Å². The second-order valence-electron chi connectivity index (χ2n) is 5.71. The van der Waals surface area contributed by atoms with Gasteiger partial charge in [0.05, 0.1) is 23.1 Å². The molecule has 0 aliphatic rings. The van der Waals surface area contributed by atoms with Crippen LogP contribution in [0.3, 0.4) is 0 Å². The Balaban J connectivity index is 2.29. The summed E-state index contributed by atoms with van der Waals surface area (Å²) in [4.78, 5) is 0. The zero-order valence-corrected chi connectivity index (χ0v) is 14.2. The van der Waals surface area contributed by atoms with Crippen LogP contribution in [0.4, 0.5) is 0 Å².